The van der Waals surface area contributed by atoms with E-state index in [2.05, 4.69) is 12.2 Å². The molecule has 0 radical (unpaired) electrons. The number of carbonyl (C=O) groups excluding carboxylic acids is 1. The molecule has 0 bridgehead atoms. The van der Waals surface area contributed by atoms with Crippen LogP contribution in [0.2, 0.25) is 0 Å². The standard InChI is InChI=1S/C21H26N2O3S/c1-16-8-6-7-11-20(16)22-21(24)17-12-14-19(15-13-17)27(25,26)23(2)18-9-4-3-5-10-18/h3-5,9-10,12-16,20H,6-8,11H2,1-2H3,(H,22,24)/t16-,20+/m1/s1. The van der Waals surface area contributed by atoms with Gasteiger partial charge in [-0.3, -0.25) is 9.10 Å². The third kappa shape index (κ3) is 4.33. The van der Waals surface area contributed by atoms with Crippen LogP contribution in [0.1, 0.15) is 43.0 Å². The predicted octanol–water partition coefficient (Wildman–Crippen LogP) is 3.82. The van der Waals surface area contributed by atoms with Crippen molar-refractivity contribution in [2.24, 2.45) is 5.92 Å². The minimum atomic E-state index is -3.67. The number of sulfonamides is 1. The molecule has 1 aliphatic carbocycles. The molecule has 27 heavy (non-hydrogen) atoms. The van der Waals surface area contributed by atoms with Crippen molar-refractivity contribution in [3.8, 4) is 0 Å². The van der Waals surface area contributed by atoms with Crippen LogP contribution >= 0.6 is 0 Å². The van der Waals surface area contributed by atoms with Gasteiger partial charge < -0.3 is 5.32 Å². The lowest BCUT2D eigenvalue weighted by atomic mass is 9.86. The number of benzene rings is 2. The number of carbonyl (C=O) groups is 1. The zero-order valence-electron chi connectivity index (χ0n) is 15.8. The van der Waals surface area contributed by atoms with Crippen LogP contribution in [-0.2, 0) is 10.0 Å². The highest BCUT2D eigenvalue weighted by Gasteiger charge is 2.24. The van der Waals surface area contributed by atoms with E-state index in [1.54, 1.807) is 36.4 Å². The van der Waals surface area contributed by atoms with Gasteiger partial charge in [-0.05, 0) is 55.2 Å². The van der Waals surface area contributed by atoms with Crippen molar-refractivity contribution < 1.29 is 13.2 Å². The lowest BCUT2D eigenvalue weighted by Gasteiger charge is -2.29. The molecule has 1 fully saturated rings. The first kappa shape index (κ1) is 19.4. The topological polar surface area (TPSA) is 66.5 Å². The van der Waals surface area contributed by atoms with Gasteiger partial charge in [0.15, 0.2) is 0 Å². The first-order chi connectivity index (χ1) is 12.9. The number of hydrogen-bond donors (Lipinski definition) is 1. The maximum Gasteiger partial charge on any atom is 0.264 e. The second kappa shape index (κ2) is 8.13. The third-order valence-electron chi connectivity index (χ3n) is 5.32. The Labute approximate surface area is 161 Å². The molecule has 0 heterocycles. The van der Waals surface area contributed by atoms with Crippen LogP contribution in [0.4, 0.5) is 5.69 Å². The Balaban J connectivity index is 1.73. The van der Waals surface area contributed by atoms with E-state index in [1.165, 1.54) is 29.9 Å². The molecule has 1 amide bonds. The summed E-state index contributed by atoms with van der Waals surface area (Å²) >= 11 is 0. The molecule has 0 saturated heterocycles. The summed E-state index contributed by atoms with van der Waals surface area (Å²) in [6.45, 7) is 2.17. The first-order valence-electron chi connectivity index (χ1n) is 9.34. The van der Waals surface area contributed by atoms with Crippen molar-refractivity contribution in [2.75, 3.05) is 11.4 Å². The lowest BCUT2D eigenvalue weighted by molar-refractivity contribution is 0.0910. The molecule has 2 aromatic rings. The van der Waals surface area contributed by atoms with Gasteiger partial charge in [0, 0.05) is 18.7 Å². The van der Waals surface area contributed by atoms with E-state index < -0.39 is 10.0 Å². The minimum absolute atomic E-state index is 0.144. The molecular weight excluding hydrogens is 360 g/mol. The molecule has 1 saturated carbocycles. The first-order valence-corrected chi connectivity index (χ1v) is 10.8. The van der Waals surface area contributed by atoms with E-state index in [4.69, 9.17) is 0 Å². The van der Waals surface area contributed by atoms with Crippen LogP contribution in [0.25, 0.3) is 0 Å². The van der Waals surface area contributed by atoms with Gasteiger partial charge in [-0.2, -0.15) is 0 Å². The Bertz CT molecular complexity index is 879. The summed E-state index contributed by atoms with van der Waals surface area (Å²) in [5.41, 5.74) is 1.07. The van der Waals surface area contributed by atoms with E-state index in [1.807, 2.05) is 6.07 Å². The molecule has 6 heteroatoms. The smallest absolute Gasteiger partial charge is 0.264 e. The molecule has 0 aromatic heterocycles. The van der Waals surface area contributed by atoms with Gasteiger partial charge in [0.2, 0.25) is 0 Å². The fourth-order valence-electron chi connectivity index (χ4n) is 3.50. The van der Waals surface area contributed by atoms with Crippen molar-refractivity contribution in [3.63, 3.8) is 0 Å². The number of hydrogen-bond acceptors (Lipinski definition) is 3. The van der Waals surface area contributed by atoms with E-state index in [0.717, 1.165) is 19.3 Å². The van der Waals surface area contributed by atoms with Crippen LogP contribution in [0.3, 0.4) is 0 Å². The zero-order chi connectivity index (χ0) is 19.4. The summed E-state index contributed by atoms with van der Waals surface area (Å²) in [6.07, 6.45) is 4.49. The van der Waals surface area contributed by atoms with Gasteiger partial charge >= 0.3 is 0 Å². The van der Waals surface area contributed by atoms with Gasteiger partial charge in [0.25, 0.3) is 15.9 Å². The molecule has 0 spiro atoms. The normalized spacial score (nSPS) is 20.1. The van der Waals surface area contributed by atoms with Gasteiger partial charge in [-0.1, -0.05) is 38.0 Å². The maximum absolute atomic E-state index is 12.8. The number of nitrogens with zero attached hydrogens (tertiary/aromatic N) is 1. The van der Waals surface area contributed by atoms with Gasteiger partial charge in [-0.15, -0.1) is 0 Å². The van der Waals surface area contributed by atoms with Gasteiger partial charge in [0.05, 0.1) is 10.6 Å². The van der Waals surface area contributed by atoms with Crippen molar-refractivity contribution >= 4 is 21.6 Å². The Morgan fingerprint density at radius 2 is 1.63 bits per heavy atom. The summed E-state index contributed by atoms with van der Waals surface area (Å²) < 4.78 is 26.8. The monoisotopic (exact) mass is 386 g/mol. The summed E-state index contributed by atoms with van der Waals surface area (Å²) in [5.74, 6) is 0.330. The summed E-state index contributed by atoms with van der Waals surface area (Å²) in [7, 11) is -2.15. The van der Waals surface area contributed by atoms with Gasteiger partial charge in [0.1, 0.15) is 0 Å². The molecule has 5 nitrogen and oxygen atoms in total. The third-order valence-corrected chi connectivity index (χ3v) is 7.12. The lowest BCUT2D eigenvalue weighted by Crippen LogP contribution is -2.41. The second-order valence-electron chi connectivity index (χ2n) is 7.17. The molecule has 0 aliphatic heterocycles. The highest BCUT2D eigenvalue weighted by Crippen LogP contribution is 2.25. The predicted molar refractivity (Wildman–Crippen MR) is 107 cm³/mol. The molecular formula is C21H26N2O3S. The van der Waals surface area contributed by atoms with Crippen molar-refractivity contribution in [2.45, 2.75) is 43.5 Å². The summed E-state index contributed by atoms with van der Waals surface area (Å²) in [4.78, 5) is 12.7. The summed E-state index contributed by atoms with van der Waals surface area (Å²) in [5, 5.41) is 3.09. The highest BCUT2D eigenvalue weighted by molar-refractivity contribution is 7.92. The molecule has 1 N–H and O–H groups in total. The zero-order valence-corrected chi connectivity index (χ0v) is 16.6. The van der Waals surface area contributed by atoms with Crippen molar-refractivity contribution in [1.29, 1.82) is 0 Å². The summed E-state index contributed by atoms with van der Waals surface area (Å²) in [6, 6.07) is 15.2. The molecule has 144 valence electrons. The average molecular weight is 387 g/mol. The molecule has 2 aromatic carbocycles. The van der Waals surface area contributed by atoms with Crippen LogP contribution in [0.15, 0.2) is 59.5 Å². The minimum Gasteiger partial charge on any atom is -0.349 e. The fourth-order valence-corrected chi connectivity index (χ4v) is 4.69. The van der Waals surface area contributed by atoms with Crippen LogP contribution in [0, 0.1) is 5.92 Å². The number of anilines is 1. The second-order valence-corrected chi connectivity index (χ2v) is 9.14. The Morgan fingerprint density at radius 1 is 1.00 bits per heavy atom. The molecule has 3 rings (SSSR count). The molecule has 2 atom stereocenters. The van der Waals surface area contributed by atoms with Crippen LogP contribution < -0.4 is 9.62 Å². The number of nitrogens with one attached hydrogen (secondary N) is 1. The van der Waals surface area contributed by atoms with Gasteiger partial charge in [-0.25, -0.2) is 8.42 Å². The largest absolute Gasteiger partial charge is 0.349 e. The van der Waals surface area contributed by atoms with E-state index >= 15 is 0 Å². The Hall–Kier alpha value is -2.34. The van der Waals surface area contributed by atoms with E-state index in [0.29, 0.717) is 17.2 Å². The van der Waals surface area contributed by atoms with Crippen LogP contribution in [0.5, 0.6) is 0 Å². The van der Waals surface area contributed by atoms with E-state index in [9.17, 15) is 13.2 Å². The number of amides is 1. The van der Waals surface area contributed by atoms with Crippen molar-refractivity contribution in [3.05, 3.63) is 60.2 Å². The number of rotatable bonds is 5. The number of para-hydroxylation sites is 1. The van der Waals surface area contributed by atoms with Crippen LogP contribution in [-0.4, -0.2) is 27.4 Å². The Kier molecular flexibility index (Phi) is 5.85. The Morgan fingerprint density at radius 3 is 2.26 bits per heavy atom. The highest BCUT2D eigenvalue weighted by atomic mass is 32.2. The SMILES string of the molecule is C[C@@H]1CCCC[C@@H]1NC(=O)c1ccc(S(=O)(=O)N(C)c2ccccc2)cc1. The average Bonchev–Trinajstić information content (AvgIpc) is 2.70. The maximum atomic E-state index is 12.8. The van der Waals surface area contributed by atoms with Crippen molar-refractivity contribution in [1.82, 2.24) is 5.32 Å². The van der Waals surface area contributed by atoms with E-state index in [-0.39, 0.29) is 16.8 Å². The molecule has 1 aliphatic rings. The molecule has 0 unspecified atom stereocenters. The quantitative estimate of drug-likeness (QED) is 0.849. The fraction of sp³-hybridized carbons (Fsp3) is 0.381.